The number of hydrogen-bond donors (Lipinski definition) is 1. The van der Waals surface area contributed by atoms with E-state index in [0.29, 0.717) is 0 Å². The lowest BCUT2D eigenvalue weighted by Gasteiger charge is -2.43. The maximum absolute atomic E-state index is 4.14. The van der Waals surface area contributed by atoms with Crippen molar-refractivity contribution in [1.82, 2.24) is 10.2 Å². The van der Waals surface area contributed by atoms with E-state index in [1.807, 2.05) is 25.1 Å². The van der Waals surface area contributed by atoms with Crippen LogP contribution in [0.3, 0.4) is 0 Å². The third-order valence-corrected chi connectivity index (χ3v) is 4.50. The van der Waals surface area contributed by atoms with Crippen LogP contribution in [0.4, 0.5) is 0 Å². The second kappa shape index (κ2) is 9.26. The van der Waals surface area contributed by atoms with Crippen LogP contribution in [0.25, 0.3) is 0 Å². The molecule has 1 N–H and O–H groups in total. The van der Waals surface area contributed by atoms with Gasteiger partial charge in [0.25, 0.3) is 0 Å². The smallest absolute Gasteiger partial charge is 0.0985 e. The van der Waals surface area contributed by atoms with Crippen LogP contribution < -0.4 is 5.32 Å². The Kier molecular flexibility index (Phi) is 7.69. The van der Waals surface area contributed by atoms with Gasteiger partial charge < -0.3 is 10.2 Å². The Labute approximate surface area is 153 Å². The number of rotatable bonds is 3. The van der Waals surface area contributed by atoms with Crippen LogP contribution in [-0.2, 0) is 5.54 Å². The van der Waals surface area contributed by atoms with Gasteiger partial charge in [-0.15, -0.1) is 0 Å². The van der Waals surface area contributed by atoms with Crippen molar-refractivity contribution >= 4 is 6.21 Å². The minimum atomic E-state index is -0.159. The molecule has 1 aliphatic heterocycles. The molecule has 2 rings (SSSR count). The number of allylic oxidation sites excluding steroid dienone is 2. The van der Waals surface area contributed by atoms with Gasteiger partial charge >= 0.3 is 0 Å². The van der Waals surface area contributed by atoms with Crippen LogP contribution >= 0.6 is 0 Å². The predicted molar refractivity (Wildman–Crippen MR) is 111 cm³/mol. The topological polar surface area (TPSA) is 27.6 Å². The molecule has 0 bridgehead atoms. The molecule has 3 heteroatoms. The van der Waals surface area contributed by atoms with Crippen molar-refractivity contribution in [3.63, 3.8) is 0 Å². The van der Waals surface area contributed by atoms with Crippen LogP contribution in [0.1, 0.15) is 50.3 Å². The Morgan fingerprint density at radius 2 is 2.04 bits per heavy atom. The van der Waals surface area contributed by atoms with Crippen LogP contribution in [-0.4, -0.2) is 25.2 Å². The molecule has 0 unspecified atom stereocenters. The summed E-state index contributed by atoms with van der Waals surface area (Å²) in [6, 6.07) is 6.49. The fourth-order valence-electron chi connectivity index (χ4n) is 2.88. The Morgan fingerprint density at radius 3 is 2.48 bits per heavy atom. The summed E-state index contributed by atoms with van der Waals surface area (Å²) >= 11 is 0. The standard InChI is InChI=1S/C17H23N3.C5H10/c1-12-9-16(8-7-15(12)11-18-5)17(4)10-13(2)20(6)14(3)19-17;1-3-5-4-2/h7-9,11,19H,2-3,10H2,1,4-6H3;3,5H,4H2,1-2H3/b;5-3+/t17-;/m0./s1. The van der Waals surface area contributed by atoms with Gasteiger partial charge in [-0.25, -0.2) is 0 Å². The lowest BCUT2D eigenvalue weighted by molar-refractivity contribution is 0.268. The van der Waals surface area contributed by atoms with E-state index < -0.39 is 0 Å². The Balaban J connectivity index is 0.000000550. The molecule has 1 aliphatic rings. The zero-order chi connectivity index (χ0) is 19.0. The zero-order valence-electron chi connectivity index (χ0n) is 16.7. The van der Waals surface area contributed by atoms with Crippen molar-refractivity contribution in [2.24, 2.45) is 4.99 Å². The summed E-state index contributed by atoms with van der Waals surface area (Å²) in [7, 11) is 3.78. The highest BCUT2D eigenvalue weighted by atomic mass is 15.3. The molecule has 1 fully saturated rings. The number of benzene rings is 1. The third-order valence-electron chi connectivity index (χ3n) is 4.50. The van der Waals surface area contributed by atoms with Gasteiger partial charge in [0.15, 0.2) is 0 Å². The fourth-order valence-corrected chi connectivity index (χ4v) is 2.88. The quantitative estimate of drug-likeness (QED) is 0.610. The van der Waals surface area contributed by atoms with E-state index in [0.717, 1.165) is 29.9 Å². The maximum Gasteiger partial charge on any atom is 0.0985 e. The summed E-state index contributed by atoms with van der Waals surface area (Å²) in [6.07, 6.45) is 8.10. The van der Waals surface area contributed by atoms with Gasteiger partial charge in [0.05, 0.1) is 11.4 Å². The number of aryl methyl sites for hydroxylation is 1. The molecule has 3 nitrogen and oxygen atoms in total. The second-order valence-corrected chi connectivity index (χ2v) is 6.64. The monoisotopic (exact) mass is 339 g/mol. The van der Waals surface area contributed by atoms with Crippen LogP contribution in [0, 0.1) is 6.92 Å². The van der Waals surface area contributed by atoms with E-state index in [1.54, 1.807) is 7.05 Å². The molecule has 1 aromatic carbocycles. The molecule has 1 aromatic rings. The molecular formula is C22H33N3. The van der Waals surface area contributed by atoms with E-state index in [4.69, 9.17) is 0 Å². The first-order chi connectivity index (χ1) is 11.8. The molecule has 0 radical (unpaired) electrons. The average Bonchev–Trinajstić information content (AvgIpc) is 2.56. The fraction of sp³-hybridized carbons (Fsp3) is 0.409. The SMILES string of the molecule is C/C=C/CC.C=C1C[C@@](C)(c2ccc(C=NC)c(C)c2)NC(=C)N1C. The molecule has 0 spiro atoms. The predicted octanol–water partition coefficient (Wildman–Crippen LogP) is 5.14. The summed E-state index contributed by atoms with van der Waals surface area (Å²) in [5.41, 5.74) is 4.55. The van der Waals surface area contributed by atoms with Gasteiger partial charge in [-0.05, 0) is 43.9 Å². The van der Waals surface area contributed by atoms with Gasteiger partial charge in [0, 0.05) is 32.4 Å². The summed E-state index contributed by atoms with van der Waals surface area (Å²) in [6.45, 7) is 16.7. The molecule has 0 amide bonds. The summed E-state index contributed by atoms with van der Waals surface area (Å²) in [4.78, 5) is 6.09. The van der Waals surface area contributed by atoms with Crippen molar-refractivity contribution < 1.29 is 0 Å². The Bertz CT molecular complexity index is 650. The van der Waals surface area contributed by atoms with Crippen molar-refractivity contribution in [3.8, 4) is 0 Å². The maximum atomic E-state index is 4.14. The van der Waals surface area contributed by atoms with Gasteiger partial charge in [-0.1, -0.05) is 50.4 Å². The van der Waals surface area contributed by atoms with Gasteiger partial charge in [-0.3, -0.25) is 4.99 Å². The van der Waals surface area contributed by atoms with E-state index in [1.165, 1.54) is 11.1 Å². The summed E-state index contributed by atoms with van der Waals surface area (Å²) in [5.74, 6) is 0.889. The van der Waals surface area contributed by atoms with E-state index in [9.17, 15) is 0 Å². The highest BCUT2D eigenvalue weighted by Crippen LogP contribution is 2.35. The summed E-state index contributed by atoms with van der Waals surface area (Å²) < 4.78 is 0. The van der Waals surface area contributed by atoms with Gasteiger partial charge in [0.1, 0.15) is 0 Å². The van der Waals surface area contributed by atoms with Gasteiger partial charge in [0.2, 0.25) is 0 Å². The van der Waals surface area contributed by atoms with Crippen LogP contribution in [0.2, 0.25) is 0 Å². The van der Waals surface area contributed by atoms with Crippen LogP contribution in [0.15, 0.2) is 60.0 Å². The van der Waals surface area contributed by atoms with Crippen LogP contribution in [0.5, 0.6) is 0 Å². The summed E-state index contributed by atoms with van der Waals surface area (Å²) in [5, 5.41) is 3.50. The van der Waals surface area contributed by atoms with Crippen molar-refractivity contribution in [3.05, 3.63) is 71.7 Å². The first-order valence-electron chi connectivity index (χ1n) is 8.82. The molecule has 0 saturated carbocycles. The zero-order valence-corrected chi connectivity index (χ0v) is 16.7. The van der Waals surface area contributed by atoms with E-state index in [2.05, 4.69) is 74.6 Å². The first kappa shape index (κ1) is 20.8. The second-order valence-electron chi connectivity index (χ2n) is 6.64. The first-order valence-corrected chi connectivity index (χ1v) is 8.82. The van der Waals surface area contributed by atoms with Gasteiger partial charge in [-0.2, -0.15) is 0 Å². The van der Waals surface area contributed by atoms with Crippen molar-refractivity contribution in [2.45, 2.75) is 46.1 Å². The highest BCUT2D eigenvalue weighted by Gasteiger charge is 2.33. The molecule has 1 atom stereocenters. The minimum Gasteiger partial charge on any atom is -0.362 e. The number of nitrogens with zero attached hydrogens (tertiary/aromatic N) is 2. The lowest BCUT2D eigenvalue weighted by Crippen LogP contribution is -2.48. The Hall–Kier alpha value is -2.29. The molecule has 136 valence electrons. The van der Waals surface area contributed by atoms with Crippen molar-refractivity contribution in [2.75, 3.05) is 14.1 Å². The molecule has 1 heterocycles. The largest absolute Gasteiger partial charge is 0.362 e. The number of aliphatic imine (C=N–C) groups is 1. The highest BCUT2D eigenvalue weighted by molar-refractivity contribution is 5.81. The number of nitrogens with one attached hydrogen (secondary N) is 1. The minimum absolute atomic E-state index is 0.159. The molecule has 1 saturated heterocycles. The van der Waals surface area contributed by atoms with E-state index >= 15 is 0 Å². The van der Waals surface area contributed by atoms with Crippen molar-refractivity contribution in [1.29, 1.82) is 0 Å². The molecule has 25 heavy (non-hydrogen) atoms. The number of hydrogen-bond acceptors (Lipinski definition) is 3. The molecular weight excluding hydrogens is 306 g/mol. The average molecular weight is 340 g/mol. The normalized spacial score (nSPS) is 20.6. The third kappa shape index (κ3) is 5.35. The molecule has 0 aliphatic carbocycles. The Morgan fingerprint density at radius 1 is 1.36 bits per heavy atom. The molecule has 0 aromatic heterocycles. The van der Waals surface area contributed by atoms with E-state index in [-0.39, 0.29) is 5.54 Å². The lowest BCUT2D eigenvalue weighted by atomic mass is 9.84.